The second-order valence-electron chi connectivity index (χ2n) is 3.40. The number of ether oxygens (including phenoxy) is 1. The van der Waals surface area contributed by atoms with Gasteiger partial charge in [0, 0.05) is 25.8 Å². The highest BCUT2D eigenvalue weighted by atomic mass is 19.1. The van der Waals surface area contributed by atoms with Gasteiger partial charge in [0.2, 0.25) is 0 Å². The van der Waals surface area contributed by atoms with E-state index in [0.29, 0.717) is 12.3 Å². The minimum atomic E-state index is -0.488. The molecule has 1 aromatic carbocycles. The number of rotatable bonds is 3. The summed E-state index contributed by atoms with van der Waals surface area (Å²) in [5.41, 5.74) is 0.402. The summed E-state index contributed by atoms with van der Waals surface area (Å²) in [5, 5.41) is 2.54. The van der Waals surface area contributed by atoms with Crippen molar-refractivity contribution in [2.75, 3.05) is 26.0 Å². The normalized spacial score (nSPS) is 9.75. The van der Waals surface area contributed by atoms with Crippen LogP contribution in [0.25, 0.3) is 0 Å². The van der Waals surface area contributed by atoms with Crippen molar-refractivity contribution in [1.29, 1.82) is 0 Å². The minimum absolute atomic E-state index is 0.186. The van der Waals surface area contributed by atoms with Crippen LogP contribution in [0.1, 0.15) is 6.92 Å². The van der Waals surface area contributed by atoms with E-state index in [1.807, 2.05) is 0 Å². The van der Waals surface area contributed by atoms with E-state index >= 15 is 0 Å². The second kappa shape index (κ2) is 5.34. The molecule has 1 aromatic rings. The zero-order valence-corrected chi connectivity index (χ0v) is 9.58. The van der Waals surface area contributed by atoms with Gasteiger partial charge in [-0.3, -0.25) is 0 Å². The Labute approximate surface area is 94.0 Å². The third-order valence-corrected chi connectivity index (χ3v) is 1.89. The SMILES string of the molecule is CCOc1ccc(NC(=O)N(C)C)cc1F. The van der Waals surface area contributed by atoms with Gasteiger partial charge in [-0.15, -0.1) is 0 Å². The fourth-order valence-corrected chi connectivity index (χ4v) is 1.09. The Hall–Kier alpha value is -1.78. The lowest BCUT2D eigenvalue weighted by Crippen LogP contribution is -2.27. The Bertz CT molecular complexity index is 380. The largest absolute Gasteiger partial charge is 0.491 e. The van der Waals surface area contributed by atoms with Crippen molar-refractivity contribution >= 4 is 11.7 Å². The molecule has 0 fully saturated rings. The van der Waals surface area contributed by atoms with E-state index in [1.54, 1.807) is 27.1 Å². The van der Waals surface area contributed by atoms with Crippen LogP contribution in [0.3, 0.4) is 0 Å². The molecule has 1 N–H and O–H groups in total. The molecular weight excluding hydrogens is 211 g/mol. The van der Waals surface area contributed by atoms with Gasteiger partial charge in [0.05, 0.1) is 6.61 Å². The van der Waals surface area contributed by atoms with Crippen molar-refractivity contribution in [1.82, 2.24) is 4.90 Å². The number of hydrogen-bond donors (Lipinski definition) is 1. The Kier molecular flexibility index (Phi) is 4.10. The maximum Gasteiger partial charge on any atom is 0.321 e. The average Bonchev–Trinajstić information content (AvgIpc) is 2.22. The third kappa shape index (κ3) is 3.12. The first kappa shape index (κ1) is 12.3. The number of carbonyl (C=O) groups excluding carboxylic acids is 1. The molecule has 2 amide bonds. The summed E-state index contributed by atoms with van der Waals surface area (Å²) >= 11 is 0. The first-order valence-electron chi connectivity index (χ1n) is 4.95. The molecule has 0 spiro atoms. The van der Waals surface area contributed by atoms with Crippen molar-refractivity contribution < 1.29 is 13.9 Å². The highest BCUT2D eigenvalue weighted by Gasteiger charge is 2.07. The van der Waals surface area contributed by atoms with Crippen LogP contribution in [0.15, 0.2) is 18.2 Å². The smallest absolute Gasteiger partial charge is 0.321 e. The highest BCUT2D eigenvalue weighted by molar-refractivity contribution is 5.88. The molecule has 0 saturated heterocycles. The summed E-state index contributed by atoms with van der Waals surface area (Å²) in [7, 11) is 3.22. The van der Waals surface area contributed by atoms with Crippen LogP contribution in [-0.2, 0) is 0 Å². The molecule has 0 aromatic heterocycles. The highest BCUT2D eigenvalue weighted by Crippen LogP contribution is 2.21. The lowest BCUT2D eigenvalue weighted by molar-refractivity contribution is 0.230. The molecule has 88 valence electrons. The minimum Gasteiger partial charge on any atom is -0.491 e. The predicted octanol–water partition coefficient (Wildman–Crippen LogP) is 2.32. The Balaban J connectivity index is 2.77. The van der Waals surface area contributed by atoms with Crippen molar-refractivity contribution in [3.8, 4) is 5.75 Å². The quantitative estimate of drug-likeness (QED) is 0.859. The molecule has 0 radical (unpaired) electrons. The van der Waals surface area contributed by atoms with Crippen LogP contribution in [-0.4, -0.2) is 31.6 Å². The van der Waals surface area contributed by atoms with Gasteiger partial charge in [0.1, 0.15) is 0 Å². The van der Waals surface area contributed by atoms with Crippen molar-refractivity contribution in [3.63, 3.8) is 0 Å². The second-order valence-corrected chi connectivity index (χ2v) is 3.40. The molecule has 16 heavy (non-hydrogen) atoms. The third-order valence-electron chi connectivity index (χ3n) is 1.89. The van der Waals surface area contributed by atoms with Gasteiger partial charge in [-0.25, -0.2) is 9.18 Å². The van der Waals surface area contributed by atoms with E-state index < -0.39 is 5.82 Å². The van der Waals surface area contributed by atoms with Gasteiger partial charge < -0.3 is 15.0 Å². The lowest BCUT2D eigenvalue weighted by Gasteiger charge is -2.12. The van der Waals surface area contributed by atoms with Crippen LogP contribution < -0.4 is 10.1 Å². The Morgan fingerprint density at radius 3 is 2.69 bits per heavy atom. The summed E-state index contributed by atoms with van der Waals surface area (Å²) in [6.45, 7) is 2.18. The van der Waals surface area contributed by atoms with Gasteiger partial charge in [0.25, 0.3) is 0 Å². The zero-order chi connectivity index (χ0) is 12.1. The van der Waals surface area contributed by atoms with Gasteiger partial charge >= 0.3 is 6.03 Å². The summed E-state index contributed by atoms with van der Waals surface area (Å²) in [5.74, 6) is -0.302. The fraction of sp³-hybridized carbons (Fsp3) is 0.364. The van der Waals surface area contributed by atoms with Crippen molar-refractivity contribution in [2.24, 2.45) is 0 Å². The molecule has 0 aliphatic carbocycles. The number of amides is 2. The lowest BCUT2D eigenvalue weighted by atomic mass is 10.3. The molecular formula is C11H15FN2O2. The van der Waals surface area contributed by atoms with Crippen LogP contribution in [0.5, 0.6) is 5.75 Å². The van der Waals surface area contributed by atoms with Crippen LogP contribution in [0.2, 0.25) is 0 Å². The van der Waals surface area contributed by atoms with E-state index in [2.05, 4.69) is 5.32 Å². The Morgan fingerprint density at radius 2 is 2.19 bits per heavy atom. The molecule has 0 heterocycles. The molecule has 5 heteroatoms. The maximum absolute atomic E-state index is 13.4. The van der Waals surface area contributed by atoms with Crippen LogP contribution in [0, 0.1) is 5.82 Å². The average molecular weight is 226 g/mol. The van der Waals surface area contributed by atoms with Crippen molar-refractivity contribution in [3.05, 3.63) is 24.0 Å². The monoisotopic (exact) mass is 226 g/mol. The predicted molar refractivity (Wildman–Crippen MR) is 60.3 cm³/mol. The molecule has 0 unspecified atom stereocenters. The molecule has 4 nitrogen and oxygen atoms in total. The van der Waals surface area contributed by atoms with E-state index in [4.69, 9.17) is 4.74 Å². The summed E-state index contributed by atoms with van der Waals surface area (Å²) in [4.78, 5) is 12.7. The topological polar surface area (TPSA) is 41.6 Å². The Morgan fingerprint density at radius 1 is 1.50 bits per heavy atom. The number of benzene rings is 1. The molecule has 0 bridgehead atoms. The number of carbonyl (C=O) groups is 1. The molecule has 1 rings (SSSR count). The van der Waals surface area contributed by atoms with E-state index in [0.717, 1.165) is 0 Å². The zero-order valence-electron chi connectivity index (χ0n) is 9.58. The number of nitrogens with one attached hydrogen (secondary N) is 1. The first-order chi connectivity index (χ1) is 7.54. The summed E-state index contributed by atoms with van der Waals surface area (Å²) < 4.78 is 18.4. The van der Waals surface area contributed by atoms with Crippen LogP contribution in [0.4, 0.5) is 14.9 Å². The summed E-state index contributed by atoms with van der Waals surface area (Å²) in [6.07, 6.45) is 0. The number of halogens is 1. The van der Waals surface area contributed by atoms with E-state index in [9.17, 15) is 9.18 Å². The number of nitrogens with zero attached hydrogens (tertiary/aromatic N) is 1. The van der Waals surface area contributed by atoms with Crippen molar-refractivity contribution in [2.45, 2.75) is 6.92 Å². The molecule has 0 saturated carbocycles. The van der Waals surface area contributed by atoms with E-state index in [1.165, 1.54) is 17.0 Å². The van der Waals surface area contributed by atoms with E-state index in [-0.39, 0.29) is 11.8 Å². The first-order valence-corrected chi connectivity index (χ1v) is 4.95. The van der Waals surface area contributed by atoms with Gasteiger partial charge in [-0.2, -0.15) is 0 Å². The summed E-state index contributed by atoms with van der Waals surface area (Å²) in [6, 6.07) is 4.01. The standard InChI is InChI=1S/C11H15FN2O2/c1-4-16-10-6-5-8(7-9(10)12)13-11(15)14(2)3/h5-7H,4H2,1-3H3,(H,13,15). The molecule has 0 atom stereocenters. The van der Waals surface area contributed by atoms with Crippen LogP contribution >= 0.6 is 0 Å². The maximum atomic E-state index is 13.4. The number of anilines is 1. The fourth-order valence-electron chi connectivity index (χ4n) is 1.09. The van der Waals surface area contributed by atoms with Gasteiger partial charge in [-0.1, -0.05) is 0 Å². The number of hydrogen-bond acceptors (Lipinski definition) is 2. The van der Waals surface area contributed by atoms with Gasteiger partial charge in [0.15, 0.2) is 11.6 Å². The molecule has 0 aliphatic heterocycles. The molecule has 0 aliphatic rings. The van der Waals surface area contributed by atoms with Gasteiger partial charge in [-0.05, 0) is 19.1 Å². The number of urea groups is 1.